The first-order valence-electron chi connectivity index (χ1n) is 12.3. The number of thiocarbonyl (C=S) groups is 1. The number of unbranched alkanes of at least 4 members (excludes halogenated alkanes) is 5. The average Bonchev–Trinajstić information content (AvgIpc) is 3.30. The molecule has 1 aromatic heterocycles. The molecule has 2 aromatic carbocycles. The molecule has 1 aliphatic rings. The third-order valence-electron chi connectivity index (χ3n) is 5.90. The third-order valence-corrected chi connectivity index (χ3v) is 6.10. The van der Waals surface area contributed by atoms with Gasteiger partial charge in [0.15, 0.2) is 5.11 Å². The summed E-state index contributed by atoms with van der Waals surface area (Å²) in [4.78, 5) is 24.8. The molecule has 8 heteroatoms. The Balaban J connectivity index is 1.55. The zero-order valence-corrected chi connectivity index (χ0v) is 21.1. The van der Waals surface area contributed by atoms with E-state index in [9.17, 15) is 9.59 Å². The monoisotopic (exact) mass is 502 g/mol. The second-order valence-electron chi connectivity index (χ2n) is 8.65. The van der Waals surface area contributed by atoms with Gasteiger partial charge in [0.05, 0.1) is 18.0 Å². The van der Waals surface area contributed by atoms with Crippen LogP contribution in [0.2, 0.25) is 0 Å². The molecular weight excluding hydrogens is 472 g/mol. The molecule has 2 amide bonds. The summed E-state index contributed by atoms with van der Waals surface area (Å²) in [6.45, 7) is 2.91. The smallest absolute Gasteiger partial charge is 0.263 e. The van der Waals surface area contributed by atoms with Crippen LogP contribution in [0.3, 0.4) is 0 Å². The molecule has 186 valence electrons. The van der Waals surface area contributed by atoms with Gasteiger partial charge in [-0.15, -0.1) is 0 Å². The Bertz CT molecular complexity index is 1230. The third kappa shape index (κ3) is 6.46. The predicted octanol–water partition coefficient (Wildman–Crippen LogP) is 5.19. The van der Waals surface area contributed by atoms with Crippen LogP contribution in [0.15, 0.2) is 66.4 Å². The molecule has 0 unspecified atom stereocenters. The molecular formula is C28H30N4O3S. The minimum absolute atomic E-state index is 0.00102. The Morgan fingerprint density at radius 1 is 0.917 bits per heavy atom. The van der Waals surface area contributed by atoms with Gasteiger partial charge in [-0.3, -0.25) is 20.2 Å². The summed E-state index contributed by atoms with van der Waals surface area (Å²) in [7, 11) is 0. The summed E-state index contributed by atoms with van der Waals surface area (Å²) in [5, 5.41) is 9.71. The highest BCUT2D eigenvalue weighted by Gasteiger charge is 2.26. The number of carbonyl (C=O) groups excluding carboxylic acids is 2. The Hall–Kier alpha value is -3.78. The second kappa shape index (κ2) is 12.3. The van der Waals surface area contributed by atoms with Crippen molar-refractivity contribution in [2.75, 3.05) is 6.61 Å². The van der Waals surface area contributed by atoms with Crippen molar-refractivity contribution in [1.82, 2.24) is 20.4 Å². The van der Waals surface area contributed by atoms with E-state index in [1.54, 1.807) is 10.9 Å². The van der Waals surface area contributed by atoms with Crippen LogP contribution in [-0.4, -0.2) is 33.3 Å². The van der Waals surface area contributed by atoms with E-state index in [0.717, 1.165) is 23.4 Å². The van der Waals surface area contributed by atoms with Crippen molar-refractivity contribution in [2.45, 2.75) is 45.4 Å². The van der Waals surface area contributed by atoms with Crippen molar-refractivity contribution >= 4 is 35.2 Å². The summed E-state index contributed by atoms with van der Waals surface area (Å²) in [6.07, 6.45) is 10.6. The first-order valence-corrected chi connectivity index (χ1v) is 12.7. The van der Waals surface area contributed by atoms with Crippen LogP contribution >= 0.6 is 12.2 Å². The van der Waals surface area contributed by atoms with Gasteiger partial charge in [-0.1, -0.05) is 57.2 Å². The van der Waals surface area contributed by atoms with Crippen molar-refractivity contribution < 1.29 is 14.3 Å². The average molecular weight is 503 g/mol. The Kier molecular flexibility index (Phi) is 8.62. The second-order valence-corrected chi connectivity index (χ2v) is 9.06. The van der Waals surface area contributed by atoms with Gasteiger partial charge >= 0.3 is 0 Å². The first kappa shape index (κ1) is 25.3. The van der Waals surface area contributed by atoms with Crippen molar-refractivity contribution in [2.24, 2.45) is 0 Å². The van der Waals surface area contributed by atoms with E-state index in [1.807, 2.05) is 54.6 Å². The zero-order valence-electron chi connectivity index (χ0n) is 20.3. The molecule has 2 N–H and O–H groups in total. The molecule has 0 spiro atoms. The lowest BCUT2D eigenvalue weighted by Gasteiger charge is -2.16. The summed E-state index contributed by atoms with van der Waals surface area (Å²) >= 11 is 4.90. The molecule has 0 saturated carbocycles. The molecule has 1 fully saturated rings. The van der Waals surface area contributed by atoms with E-state index >= 15 is 0 Å². The van der Waals surface area contributed by atoms with Crippen LogP contribution in [0.1, 0.15) is 51.0 Å². The molecule has 4 rings (SSSR count). The van der Waals surface area contributed by atoms with Crippen LogP contribution in [-0.2, 0) is 9.59 Å². The van der Waals surface area contributed by atoms with E-state index in [4.69, 9.17) is 22.1 Å². The van der Waals surface area contributed by atoms with Crippen LogP contribution in [0.5, 0.6) is 5.75 Å². The van der Waals surface area contributed by atoms with Crippen molar-refractivity contribution in [3.63, 3.8) is 0 Å². The molecule has 0 radical (unpaired) electrons. The van der Waals surface area contributed by atoms with E-state index in [2.05, 4.69) is 17.6 Å². The van der Waals surface area contributed by atoms with Gasteiger partial charge in [0, 0.05) is 17.3 Å². The molecule has 1 aliphatic heterocycles. The number of ether oxygens (including phenoxy) is 1. The Morgan fingerprint density at radius 2 is 1.58 bits per heavy atom. The number of nitrogens with zero attached hydrogens (tertiary/aromatic N) is 2. The van der Waals surface area contributed by atoms with Gasteiger partial charge < -0.3 is 4.74 Å². The summed E-state index contributed by atoms with van der Waals surface area (Å²) < 4.78 is 7.64. The maximum Gasteiger partial charge on any atom is 0.263 e. The molecule has 1 saturated heterocycles. The molecule has 0 atom stereocenters. The maximum atomic E-state index is 12.4. The number of rotatable bonds is 11. The topological polar surface area (TPSA) is 85.2 Å². The predicted molar refractivity (Wildman–Crippen MR) is 145 cm³/mol. The van der Waals surface area contributed by atoms with Crippen molar-refractivity contribution in [3.05, 3.63) is 71.9 Å². The van der Waals surface area contributed by atoms with Crippen molar-refractivity contribution in [3.8, 4) is 22.7 Å². The number of carbonyl (C=O) groups is 2. The lowest BCUT2D eigenvalue weighted by atomic mass is 10.0. The highest BCUT2D eigenvalue weighted by atomic mass is 32.1. The molecule has 0 bridgehead atoms. The highest BCUT2D eigenvalue weighted by Crippen LogP contribution is 2.28. The van der Waals surface area contributed by atoms with Crippen LogP contribution < -0.4 is 15.4 Å². The first-order chi connectivity index (χ1) is 17.5. The number of amides is 2. The number of aromatic nitrogens is 2. The number of nitrogens with one attached hydrogen (secondary N) is 2. The fourth-order valence-corrected chi connectivity index (χ4v) is 4.16. The van der Waals surface area contributed by atoms with E-state index in [1.165, 1.54) is 38.2 Å². The van der Waals surface area contributed by atoms with Gasteiger partial charge in [0.25, 0.3) is 11.8 Å². The van der Waals surface area contributed by atoms with Gasteiger partial charge in [0.2, 0.25) is 0 Å². The summed E-state index contributed by atoms with van der Waals surface area (Å²) in [5.74, 6) is -0.282. The largest absolute Gasteiger partial charge is 0.494 e. The minimum Gasteiger partial charge on any atom is -0.494 e. The van der Waals surface area contributed by atoms with Crippen LogP contribution in [0.4, 0.5) is 0 Å². The highest BCUT2D eigenvalue weighted by molar-refractivity contribution is 7.80. The fraction of sp³-hybridized carbons (Fsp3) is 0.286. The van der Waals surface area contributed by atoms with Crippen LogP contribution in [0.25, 0.3) is 23.0 Å². The number of hydrogen-bond donors (Lipinski definition) is 2. The fourth-order valence-electron chi connectivity index (χ4n) is 3.97. The molecule has 3 aromatic rings. The number of benzene rings is 2. The van der Waals surface area contributed by atoms with E-state index in [0.29, 0.717) is 17.9 Å². The molecule has 7 nitrogen and oxygen atoms in total. The lowest BCUT2D eigenvalue weighted by Crippen LogP contribution is -2.51. The number of hydrogen-bond acceptors (Lipinski definition) is 5. The van der Waals surface area contributed by atoms with E-state index < -0.39 is 11.8 Å². The minimum atomic E-state index is -0.541. The van der Waals surface area contributed by atoms with E-state index in [-0.39, 0.29) is 10.7 Å². The SMILES string of the molecule is CCCCCCCCOc1ccc(-c2nn(-c3ccccc3)cc2C=C2C(=O)NC(=S)NC2=O)cc1. The van der Waals surface area contributed by atoms with Crippen molar-refractivity contribution in [1.29, 1.82) is 0 Å². The van der Waals surface area contributed by atoms with Crippen LogP contribution in [0, 0.1) is 0 Å². The number of para-hydroxylation sites is 1. The van der Waals surface area contributed by atoms with Gasteiger partial charge in [0.1, 0.15) is 11.3 Å². The van der Waals surface area contributed by atoms with Gasteiger partial charge in [-0.05, 0) is 61.1 Å². The standard InChI is InChI=1S/C28H30N4O3S/c1-2-3-4-5-6-10-17-35-23-15-13-20(14-16-23)25-21(18-24-26(33)29-28(36)30-27(24)34)19-32(31-25)22-11-8-7-9-12-22/h7-9,11-16,18-19H,2-6,10,17H2,1H3,(H2,29,30,33,34,36). The Morgan fingerprint density at radius 3 is 2.28 bits per heavy atom. The Labute approximate surface area is 216 Å². The van der Waals surface area contributed by atoms with Gasteiger partial charge in [-0.2, -0.15) is 5.10 Å². The molecule has 0 aliphatic carbocycles. The lowest BCUT2D eigenvalue weighted by molar-refractivity contribution is -0.123. The normalized spacial score (nSPS) is 13.4. The zero-order chi connectivity index (χ0) is 25.3. The molecule has 36 heavy (non-hydrogen) atoms. The quantitative estimate of drug-likeness (QED) is 0.163. The molecule has 2 heterocycles. The maximum absolute atomic E-state index is 12.4. The summed E-state index contributed by atoms with van der Waals surface area (Å²) in [5.41, 5.74) is 2.95. The summed E-state index contributed by atoms with van der Waals surface area (Å²) in [6, 6.07) is 17.4. The van der Waals surface area contributed by atoms with Gasteiger partial charge in [-0.25, -0.2) is 4.68 Å².